The first-order valence-electron chi connectivity index (χ1n) is 9.10. The predicted octanol–water partition coefficient (Wildman–Crippen LogP) is 6.39. The van der Waals surface area contributed by atoms with Crippen LogP contribution < -0.4 is 4.74 Å². The molecular formula is C22H27FO. The van der Waals surface area contributed by atoms with Gasteiger partial charge in [0.05, 0.1) is 13.8 Å². The van der Waals surface area contributed by atoms with Crippen molar-refractivity contribution in [2.45, 2.75) is 44.4 Å². The van der Waals surface area contributed by atoms with E-state index in [0.29, 0.717) is 5.92 Å². The lowest BCUT2D eigenvalue weighted by Crippen LogP contribution is -2.13. The van der Waals surface area contributed by atoms with Gasteiger partial charge in [0.2, 0.25) is 0 Å². The molecule has 2 aromatic rings. The molecule has 0 aliphatic heterocycles. The maximum Gasteiger partial charge on any atom is 0.118 e. The summed E-state index contributed by atoms with van der Waals surface area (Å²) in [5.41, 5.74) is 3.92. The highest BCUT2D eigenvalue weighted by Gasteiger charge is 2.22. The first-order chi connectivity index (χ1) is 11.8. The molecule has 1 aliphatic rings. The largest absolute Gasteiger partial charge is 0.497 e. The van der Waals surface area contributed by atoms with Gasteiger partial charge in [-0.1, -0.05) is 36.4 Å². The fourth-order valence-electron chi connectivity index (χ4n) is 3.88. The van der Waals surface area contributed by atoms with Gasteiger partial charge in [-0.2, -0.15) is 0 Å². The Kier molecular flexibility index (Phi) is 5.90. The average molecular weight is 326 g/mol. The van der Waals surface area contributed by atoms with E-state index in [4.69, 9.17) is 4.74 Å². The van der Waals surface area contributed by atoms with Gasteiger partial charge in [-0.15, -0.1) is 0 Å². The summed E-state index contributed by atoms with van der Waals surface area (Å²) in [6.07, 6.45) is 6.82. The second-order valence-electron chi connectivity index (χ2n) is 6.90. The van der Waals surface area contributed by atoms with Crippen LogP contribution in [0.5, 0.6) is 5.75 Å². The third-order valence-electron chi connectivity index (χ3n) is 5.40. The van der Waals surface area contributed by atoms with Crippen molar-refractivity contribution in [2.24, 2.45) is 5.92 Å². The molecule has 0 radical (unpaired) electrons. The van der Waals surface area contributed by atoms with Crippen molar-refractivity contribution in [1.29, 1.82) is 0 Å². The molecule has 0 saturated heterocycles. The molecule has 0 N–H and O–H groups in total. The third kappa shape index (κ3) is 4.17. The molecule has 0 aromatic heterocycles. The lowest BCUT2D eigenvalue weighted by atomic mass is 9.77. The van der Waals surface area contributed by atoms with Crippen LogP contribution in [0.2, 0.25) is 0 Å². The lowest BCUT2D eigenvalue weighted by molar-refractivity contribution is 0.293. The van der Waals surface area contributed by atoms with Crippen LogP contribution in [0.1, 0.15) is 50.0 Å². The molecule has 1 aliphatic carbocycles. The Morgan fingerprint density at radius 1 is 0.875 bits per heavy atom. The number of hydrogen-bond donors (Lipinski definition) is 0. The Morgan fingerprint density at radius 3 is 2.00 bits per heavy atom. The van der Waals surface area contributed by atoms with Gasteiger partial charge < -0.3 is 4.74 Å². The van der Waals surface area contributed by atoms with E-state index < -0.39 is 0 Å². The summed E-state index contributed by atoms with van der Waals surface area (Å²) in [7, 11) is 1.69. The van der Waals surface area contributed by atoms with Crippen LogP contribution in [0.15, 0.2) is 48.5 Å². The number of ether oxygens (including phenoxy) is 1. The SMILES string of the molecule is COc1ccc(-c2ccc(C3CCC(CCCF)CC3)cc2)cc1. The van der Waals surface area contributed by atoms with Crippen molar-refractivity contribution < 1.29 is 9.13 Å². The number of hydrogen-bond acceptors (Lipinski definition) is 1. The Morgan fingerprint density at radius 2 is 1.46 bits per heavy atom. The molecule has 0 spiro atoms. The highest BCUT2D eigenvalue weighted by atomic mass is 19.1. The standard InChI is InChI=1S/C22H27FO/c1-24-22-14-12-21(13-15-22)20-10-8-19(9-11-20)18-6-4-17(5-7-18)3-2-16-23/h8-15,17-18H,2-7,16H2,1H3. The minimum atomic E-state index is -0.160. The summed E-state index contributed by atoms with van der Waals surface area (Å²) in [5.74, 6) is 2.31. The zero-order valence-electron chi connectivity index (χ0n) is 14.5. The van der Waals surface area contributed by atoms with E-state index in [1.165, 1.54) is 42.4 Å². The minimum absolute atomic E-state index is 0.160. The molecular weight excluding hydrogens is 299 g/mol. The maximum atomic E-state index is 12.3. The highest BCUT2D eigenvalue weighted by molar-refractivity contribution is 5.64. The van der Waals surface area contributed by atoms with Gasteiger partial charge in [-0.05, 0) is 79.2 Å². The topological polar surface area (TPSA) is 9.23 Å². The zero-order chi connectivity index (χ0) is 16.8. The van der Waals surface area contributed by atoms with E-state index in [0.717, 1.165) is 24.5 Å². The van der Waals surface area contributed by atoms with Gasteiger partial charge in [-0.25, -0.2) is 0 Å². The molecule has 0 atom stereocenters. The number of benzene rings is 2. The van der Waals surface area contributed by atoms with Crippen molar-refractivity contribution >= 4 is 0 Å². The summed E-state index contributed by atoms with van der Waals surface area (Å²) in [6.45, 7) is -0.160. The van der Waals surface area contributed by atoms with Gasteiger partial charge in [-0.3, -0.25) is 4.39 Å². The minimum Gasteiger partial charge on any atom is -0.497 e. The van der Waals surface area contributed by atoms with Gasteiger partial charge >= 0.3 is 0 Å². The average Bonchev–Trinajstić information content (AvgIpc) is 2.67. The van der Waals surface area contributed by atoms with Crippen molar-refractivity contribution in [2.75, 3.05) is 13.8 Å². The molecule has 128 valence electrons. The molecule has 1 nitrogen and oxygen atoms in total. The van der Waals surface area contributed by atoms with E-state index in [9.17, 15) is 4.39 Å². The number of alkyl halides is 1. The van der Waals surface area contributed by atoms with Crippen molar-refractivity contribution in [3.63, 3.8) is 0 Å². The molecule has 24 heavy (non-hydrogen) atoms. The second-order valence-corrected chi connectivity index (χ2v) is 6.90. The van der Waals surface area contributed by atoms with Gasteiger partial charge in [0.15, 0.2) is 0 Å². The fourth-order valence-corrected chi connectivity index (χ4v) is 3.88. The first-order valence-corrected chi connectivity index (χ1v) is 9.10. The molecule has 0 amide bonds. The van der Waals surface area contributed by atoms with Crippen molar-refractivity contribution in [1.82, 2.24) is 0 Å². The van der Waals surface area contributed by atoms with E-state index >= 15 is 0 Å². The van der Waals surface area contributed by atoms with E-state index in [2.05, 4.69) is 36.4 Å². The molecule has 0 heterocycles. The molecule has 1 fully saturated rings. The molecule has 2 heteroatoms. The zero-order valence-corrected chi connectivity index (χ0v) is 14.5. The van der Waals surface area contributed by atoms with Crippen molar-refractivity contribution in [3.05, 3.63) is 54.1 Å². The van der Waals surface area contributed by atoms with Crippen LogP contribution in [-0.4, -0.2) is 13.8 Å². The van der Waals surface area contributed by atoms with E-state index in [1.54, 1.807) is 7.11 Å². The van der Waals surface area contributed by atoms with Gasteiger partial charge in [0.25, 0.3) is 0 Å². The monoisotopic (exact) mass is 326 g/mol. The highest BCUT2D eigenvalue weighted by Crippen LogP contribution is 2.38. The Bertz CT molecular complexity index is 609. The number of halogens is 1. The lowest BCUT2D eigenvalue weighted by Gasteiger charge is -2.28. The van der Waals surface area contributed by atoms with Crippen LogP contribution in [0, 0.1) is 5.92 Å². The fraction of sp³-hybridized carbons (Fsp3) is 0.455. The van der Waals surface area contributed by atoms with E-state index in [-0.39, 0.29) is 6.67 Å². The van der Waals surface area contributed by atoms with E-state index in [1.807, 2.05) is 12.1 Å². The Labute approximate surface area is 144 Å². The van der Waals surface area contributed by atoms with Gasteiger partial charge in [0.1, 0.15) is 5.75 Å². The molecule has 1 saturated carbocycles. The predicted molar refractivity (Wildman–Crippen MR) is 98.3 cm³/mol. The quantitative estimate of drug-likeness (QED) is 0.598. The maximum absolute atomic E-state index is 12.3. The van der Waals surface area contributed by atoms with Crippen LogP contribution >= 0.6 is 0 Å². The second kappa shape index (κ2) is 8.32. The summed E-state index contributed by atoms with van der Waals surface area (Å²) >= 11 is 0. The summed E-state index contributed by atoms with van der Waals surface area (Å²) in [5, 5.41) is 0. The molecule has 3 rings (SSSR count). The Hall–Kier alpha value is -1.83. The van der Waals surface area contributed by atoms with Gasteiger partial charge in [0, 0.05) is 0 Å². The smallest absolute Gasteiger partial charge is 0.118 e. The van der Waals surface area contributed by atoms with Crippen LogP contribution in [0.25, 0.3) is 11.1 Å². The third-order valence-corrected chi connectivity index (χ3v) is 5.40. The van der Waals surface area contributed by atoms with Crippen LogP contribution in [-0.2, 0) is 0 Å². The first kappa shape index (κ1) is 17.0. The number of methoxy groups -OCH3 is 1. The summed E-state index contributed by atoms with van der Waals surface area (Å²) < 4.78 is 17.5. The Balaban J connectivity index is 1.60. The molecule has 0 unspecified atom stereocenters. The summed E-state index contributed by atoms with van der Waals surface area (Å²) in [6, 6.07) is 17.2. The number of rotatable bonds is 6. The van der Waals surface area contributed by atoms with Crippen LogP contribution in [0.4, 0.5) is 4.39 Å². The normalized spacial score (nSPS) is 20.8. The molecule has 2 aromatic carbocycles. The van der Waals surface area contributed by atoms with Crippen molar-refractivity contribution in [3.8, 4) is 16.9 Å². The van der Waals surface area contributed by atoms with Crippen LogP contribution in [0.3, 0.4) is 0 Å². The molecule has 0 bridgehead atoms. The summed E-state index contributed by atoms with van der Waals surface area (Å²) in [4.78, 5) is 0.